The van der Waals surface area contributed by atoms with E-state index < -0.39 is 12.5 Å². The summed E-state index contributed by atoms with van der Waals surface area (Å²) in [7, 11) is 0. The number of nitrogens with zero attached hydrogens (tertiary/aromatic N) is 1. The molecule has 0 aliphatic carbocycles. The quantitative estimate of drug-likeness (QED) is 0.385. The Bertz CT molecular complexity index is 613. The van der Waals surface area contributed by atoms with Crippen LogP contribution >= 0.6 is 0 Å². The highest BCUT2D eigenvalue weighted by Crippen LogP contribution is 2.28. The van der Waals surface area contributed by atoms with Crippen LogP contribution in [-0.2, 0) is 5.92 Å². The summed E-state index contributed by atoms with van der Waals surface area (Å²) in [6, 6.07) is 13.5. The molecule has 0 saturated carbocycles. The maximum atomic E-state index is 13.9. The average Bonchev–Trinajstić information content (AvgIpc) is 2.53. The van der Waals surface area contributed by atoms with Gasteiger partial charge in [0.1, 0.15) is 5.75 Å². The second kappa shape index (κ2) is 6.21. The van der Waals surface area contributed by atoms with Crippen LogP contribution in [0.15, 0.2) is 59.8 Å². The molecule has 0 fully saturated rings. The van der Waals surface area contributed by atoms with E-state index in [0.29, 0.717) is 5.56 Å². The summed E-state index contributed by atoms with van der Waals surface area (Å²) in [6.07, 6.45) is 0. The number of rotatable bonds is 5. The zero-order valence-corrected chi connectivity index (χ0v) is 11.0. The van der Waals surface area contributed by atoms with Gasteiger partial charge in [-0.05, 0) is 24.3 Å². The van der Waals surface area contributed by atoms with Crippen molar-refractivity contribution in [1.82, 2.24) is 0 Å². The third kappa shape index (κ3) is 3.68. The highest BCUT2D eigenvalue weighted by molar-refractivity contribution is 5.97. The zero-order chi connectivity index (χ0) is 15.3. The van der Waals surface area contributed by atoms with Crippen LogP contribution in [-0.4, -0.2) is 17.6 Å². The Kier molecular flexibility index (Phi) is 4.37. The number of amidine groups is 1. The van der Waals surface area contributed by atoms with Gasteiger partial charge in [0.15, 0.2) is 12.4 Å². The number of hydrogen-bond acceptors (Lipinski definition) is 3. The molecular weight excluding hydrogens is 278 g/mol. The molecule has 0 aliphatic rings. The molecule has 0 amide bonds. The minimum absolute atomic E-state index is 0.0591. The maximum absolute atomic E-state index is 13.9. The van der Waals surface area contributed by atoms with Crippen LogP contribution in [0.1, 0.15) is 11.1 Å². The Morgan fingerprint density at radius 1 is 1.10 bits per heavy atom. The summed E-state index contributed by atoms with van der Waals surface area (Å²) in [6.45, 7) is -0.764. The second-order valence-electron chi connectivity index (χ2n) is 4.37. The largest absolute Gasteiger partial charge is 0.487 e. The standard InChI is InChI=1S/C15H14F2N2O2/c16-15(17,12-4-2-1-3-5-12)10-21-13-8-6-11(7-9-13)14(18)19-20/h1-9,20H,10H2,(H2,18,19). The molecule has 2 aromatic carbocycles. The number of nitrogens with two attached hydrogens (primary N) is 1. The number of benzene rings is 2. The van der Waals surface area contributed by atoms with E-state index in [-0.39, 0.29) is 17.1 Å². The van der Waals surface area contributed by atoms with Gasteiger partial charge in [0.2, 0.25) is 0 Å². The van der Waals surface area contributed by atoms with Crippen molar-refractivity contribution >= 4 is 5.84 Å². The van der Waals surface area contributed by atoms with Crippen LogP contribution in [0.25, 0.3) is 0 Å². The van der Waals surface area contributed by atoms with E-state index >= 15 is 0 Å². The summed E-state index contributed by atoms with van der Waals surface area (Å²) < 4.78 is 32.9. The smallest absolute Gasteiger partial charge is 0.306 e. The van der Waals surface area contributed by atoms with Crippen LogP contribution in [0, 0.1) is 0 Å². The monoisotopic (exact) mass is 292 g/mol. The molecule has 0 heterocycles. The molecule has 3 N–H and O–H groups in total. The highest BCUT2D eigenvalue weighted by atomic mass is 19.3. The fourth-order valence-electron chi connectivity index (χ4n) is 1.72. The second-order valence-corrected chi connectivity index (χ2v) is 4.37. The lowest BCUT2D eigenvalue weighted by Crippen LogP contribution is -2.23. The van der Waals surface area contributed by atoms with E-state index in [9.17, 15) is 8.78 Å². The lowest BCUT2D eigenvalue weighted by Gasteiger charge is -2.17. The van der Waals surface area contributed by atoms with Gasteiger partial charge in [0.05, 0.1) is 0 Å². The van der Waals surface area contributed by atoms with E-state index in [0.717, 1.165) is 0 Å². The molecular formula is C15H14F2N2O2. The summed E-state index contributed by atoms with van der Waals surface area (Å²) in [5, 5.41) is 11.4. The molecule has 6 heteroatoms. The zero-order valence-electron chi connectivity index (χ0n) is 11.0. The van der Waals surface area contributed by atoms with E-state index in [1.807, 2.05) is 0 Å². The SMILES string of the molecule is N/C(=N/O)c1ccc(OCC(F)(F)c2ccccc2)cc1. The van der Waals surface area contributed by atoms with Gasteiger partial charge in [0, 0.05) is 11.1 Å². The third-order valence-corrected chi connectivity index (χ3v) is 2.87. The van der Waals surface area contributed by atoms with E-state index in [1.54, 1.807) is 18.2 Å². The molecule has 0 radical (unpaired) electrons. The molecule has 0 atom stereocenters. The van der Waals surface area contributed by atoms with Crippen LogP contribution < -0.4 is 10.5 Å². The highest BCUT2D eigenvalue weighted by Gasteiger charge is 2.32. The molecule has 110 valence electrons. The fourth-order valence-corrected chi connectivity index (χ4v) is 1.72. The number of hydrogen-bond donors (Lipinski definition) is 2. The molecule has 2 aromatic rings. The van der Waals surface area contributed by atoms with Crippen molar-refractivity contribution in [2.24, 2.45) is 10.9 Å². The fraction of sp³-hybridized carbons (Fsp3) is 0.133. The van der Waals surface area contributed by atoms with Crippen LogP contribution in [0.3, 0.4) is 0 Å². The first-order chi connectivity index (χ1) is 10.0. The summed E-state index contributed by atoms with van der Waals surface area (Å²) in [5.41, 5.74) is 5.78. The molecule has 2 rings (SSSR count). The first kappa shape index (κ1) is 14.8. The maximum Gasteiger partial charge on any atom is 0.306 e. The van der Waals surface area contributed by atoms with Crippen molar-refractivity contribution in [3.8, 4) is 5.75 Å². The molecule has 21 heavy (non-hydrogen) atoms. The van der Waals surface area contributed by atoms with Gasteiger partial charge in [-0.25, -0.2) is 0 Å². The Balaban J connectivity index is 2.03. The molecule has 0 bridgehead atoms. The topological polar surface area (TPSA) is 67.8 Å². The predicted molar refractivity (Wildman–Crippen MR) is 74.8 cm³/mol. The van der Waals surface area contributed by atoms with Crippen molar-refractivity contribution in [3.05, 3.63) is 65.7 Å². The van der Waals surface area contributed by atoms with Gasteiger partial charge >= 0.3 is 5.92 Å². The van der Waals surface area contributed by atoms with Crippen molar-refractivity contribution in [2.45, 2.75) is 5.92 Å². The lowest BCUT2D eigenvalue weighted by atomic mass is 10.1. The third-order valence-electron chi connectivity index (χ3n) is 2.87. The van der Waals surface area contributed by atoms with Gasteiger partial charge in [-0.15, -0.1) is 0 Å². The van der Waals surface area contributed by atoms with Gasteiger partial charge in [0.25, 0.3) is 0 Å². The molecule has 4 nitrogen and oxygen atoms in total. The minimum Gasteiger partial charge on any atom is -0.487 e. The number of oxime groups is 1. The molecule has 0 saturated heterocycles. The molecule has 0 unspecified atom stereocenters. The van der Waals surface area contributed by atoms with Crippen molar-refractivity contribution < 1.29 is 18.7 Å². The van der Waals surface area contributed by atoms with E-state index in [2.05, 4.69) is 5.16 Å². The summed E-state index contributed by atoms with van der Waals surface area (Å²) >= 11 is 0. The number of alkyl halides is 2. The van der Waals surface area contributed by atoms with Crippen molar-refractivity contribution in [2.75, 3.05) is 6.61 Å². The Morgan fingerprint density at radius 2 is 1.71 bits per heavy atom. The van der Waals surface area contributed by atoms with E-state index in [4.69, 9.17) is 15.7 Å². The lowest BCUT2D eigenvalue weighted by molar-refractivity contribution is -0.0467. The normalized spacial score (nSPS) is 12.2. The molecule has 0 aromatic heterocycles. The first-order valence-electron chi connectivity index (χ1n) is 6.17. The first-order valence-corrected chi connectivity index (χ1v) is 6.17. The van der Waals surface area contributed by atoms with Crippen molar-refractivity contribution in [3.63, 3.8) is 0 Å². The van der Waals surface area contributed by atoms with Crippen LogP contribution in [0.5, 0.6) is 5.75 Å². The van der Waals surface area contributed by atoms with Gasteiger partial charge < -0.3 is 15.7 Å². The van der Waals surface area contributed by atoms with Gasteiger partial charge in [-0.1, -0.05) is 35.5 Å². The summed E-state index contributed by atoms with van der Waals surface area (Å²) in [5.74, 6) is -2.86. The molecule has 0 spiro atoms. The van der Waals surface area contributed by atoms with Gasteiger partial charge in [-0.2, -0.15) is 8.78 Å². The Labute approximate surface area is 120 Å². The minimum atomic E-state index is -3.08. The predicted octanol–water partition coefficient (Wildman–Crippen LogP) is 2.95. The number of halogens is 2. The van der Waals surface area contributed by atoms with Crippen molar-refractivity contribution in [1.29, 1.82) is 0 Å². The average molecular weight is 292 g/mol. The Hall–Kier alpha value is -2.63. The van der Waals surface area contributed by atoms with Gasteiger partial charge in [-0.3, -0.25) is 0 Å². The molecule has 0 aliphatic heterocycles. The van der Waals surface area contributed by atoms with Crippen LogP contribution in [0.4, 0.5) is 8.78 Å². The van der Waals surface area contributed by atoms with E-state index in [1.165, 1.54) is 36.4 Å². The summed E-state index contributed by atoms with van der Waals surface area (Å²) in [4.78, 5) is 0. The number of ether oxygens (including phenoxy) is 1. The van der Waals surface area contributed by atoms with Crippen LogP contribution in [0.2, 0.25) is 0 Å². The Morgan fingerprint density at radius 3 is 2.29 bits per heavy atom.